The highest BCUT2D eigenvalue weighted by atomic mass is 19.1. The molecule has 0 aliphatic heterocycles. The van der Waals surface area contributed by atoms with Gasteiger partial charge < -0.3 is 4.74 Å². The molecule has 1 saturated carbocycles. The summed E-state index contributed by atoms with van der Waals surface area (Å²) in [6.07, 6.45) is 0.502. The molecule has 1 rings (SSSR count). The van der Waals surface area contributed by atoms with Gasteiger partial charge in [-0.1, -0.05) is 20.8 Å². The summed E-state index contributed by atoms with van der Waals surface area (Å²) < 4.78 is 17.9. The Morgan fingerprint density at radius 3 is 2.13 bits per heavy atom. The molecular formula is C12H21FO2. The van der Waals surface area contributed by atoms with Gasteiger partial charge >= 0.3 is 5.97 Å². The topological polar surface area (TPSA) is 26.3 Å². The van der Waals surface area contributed by atoms with Gasteiger partial charge in [-0.15, -0.1) is 0 Å². The van der Waals surface area contributed by atoms with E-state index in [2.05, 4.69) is 20.8 Å². The molecule has 1 fully saturated rings. The Morgan fingerprint density at radius 2 is 1.73 bits per heavy atom. The second-order valence-corrected chi connectivity index (χ2v) is 5.05. The molecule has 0 aromatic heterocycles. The Bertz CT molecular complexity index is 216. The Balaban J connectivity index is 2.56. The van der Waals surface area contributed by atoms with Crippen molar-refractivity contribution in [1.82, 2.24) is 0 Å². The fourth-order valence-corrected chi connectivity index (χ4v) is 2.65. The van der Waals surface area contributed by atoms with Gasteiger partial charge in [0.15, 0.2) is 6.17 Å². The molecule has 0 bridgehead atoms. The minimum absolute atomic E-state index is 0.105. The van der Waals surface area contributed by atoms with Crippen LogP contribution in [0.25, 0.3) is 0 Å². The number of hydrogen-bond donors (Lipinski definition) is 0. The third-order valence-corrected chi connectivity index (χ3v) is 3.25. The van der Waals surface area contributed by atoms with Gasteiger partial charge in [-0.3, -0.25) is 0 Å². The second-order valence-electron chi connectivity index (χ2n) is 5.05. The van der Waals surface area contributed by atoms with Crippen LogP contribution in [0.5, 0.6) is 0 Å². The summed E-state index contributed by atoms with van der Waals surface area (Å²) >= 11 is 0. The maximum absolute atomic E-state index is 12.7. The second kappa shape index (κ2) is 4.95. The molecule has 0 radical (unpaired) electrons. The molecule has 0 amide bonds. The summed E-state index contributed by atoms with van der Waals surface area (Å²) in [5.74, 6) is 0.638. The van der Waals surface area contributed by atoms with Crippen molar-refractivity contribution in [1.29, 1.82) is 0 Å². The summed E-state index contributed by atoms with van der Waals surface area (Å²) in [5, 5.41) is 0. The number of rotatable bonds is 2. The van der Waals surface area contributed by atoms with Gasteiger partial charge in [0.1, 0.15) is 6.10 Å². The van der Waals surface area contributed by atoms with Crippen molar-refractivity contribution in [3.63, 3.8) is 0 Å². The Morgan fingerprint density at radius 1 is 1.27 bits per heavy atom. The average Bonchev–Trinajstić information content (AvgIpc) is 2.10. The van der Waals surface area contributed by atoms with E-state index in [0.29, 0.717) is 17.8 Å². The summed E-state index contributed by atoms with van der Waals surface area (Å²) in [5.41, 5.74) is 0. The van der Waals surface area contributed by atoms with Gasteiger partial charge in [-0.2, -0.15) is 0 Å². The highest BCUT2D eigenvalue weighted by Gasteiger charge is 2.34. The van der Waals surface area contributed by atoms with Crippen LogP contribution in [0.4, 0.5) is 4.39 Å². The van der Waals surface area contributed by atoms with Crippen molar-refractivity contribution >= 4 is 5.97 Å². The molecular weight excluding hydrogens is 195 g/mol. The lowest BCUT2D eigenvalue weighted by Crippen LogP contribution is -2.38. The van der Waals surface area contributed by atoms with Crippen LogP contribution in [0.3, 0.4) is 0 Å². The van der Waals surface area contributed by atoms with Gasteiger partial charge in [0.05, 0.1) is 0 Å². The normalized spacial score (nSPS) is 38.5. The van der Waals surface area contributed by atoms with Crippen molar-refractivity contribution in [2.24, 2.45) is 17.8 Å². The fraction of sp³-hybridized carbons (Fsp3) is 0.917. The smallest absolute Gasteiger partial charge is 0.340 e. The lowest BCUT2D eigenvalue weighted by molar-refractivity contribution is -0.163. The van der Waals surface area contributed by atoms with Crippen molar-refractivity contribution < 1.29 is 13.9 Å². The zero-order valence-electron chi connectivity index (χ0n) is 10.00. The molecule has 0 saturated heterocycles. The number of hydrogen-bond acceptors (Lipinski definition) is 2. The molecule has 0 aromatic rings. The molecule has 2 nitrogen and oxygen atoms in total. The molecule has 0 heterocycles. The van der Waals surface area contributed by atoms with Crippen LogP contribution in [0.2, 0.25) is 0 Å². The summed E-state index contributed by atoms with van der Waals surface area (Å²) in [6.45, 7) is 7.59. The highest BCUT2D eigenvalue weighted by Crippen LogP contribution is 2.35. The van der Waals surface area contributed by atoms with Gasteiger partial charge in [0.2, 0.25) is 0 Å². The predicted octanol–water partition coefficient (Wildman–Crippen LogP) is 2.96. The van der Waals surface area contributed by atoms with E-state index in [1.54, 1.807) is 0 Å². The molecule has 88 valence electrons. The van der Waals surface area contributed by atoms with E-state index < -0.39 is 12.1 Å². The Hall–Kier alpha value is -0.600. The molecule has 3 heteroatoms. The monoisotopic (exact) mass is 216 g/mol. The van der Waals surface area contributed by atoms with E-state index in [9.17, 15) is 9.18 Å². The van der Waals surface area contributed by atoms with E-state index >= 15 is 0 Å². The number of esters is 1. The highest BCUT2D eigenvalue weighted by molar-refractivity contribution is 5.74. The third-order valence-electron chi connectivity index (χ3n) is 3.25. The maximum atomic E-state index is 12.7. The maximum Gasteiger partial charge on any atom is 0.340 e. The van der Waals surface area contributed by atoms with Gasteiger partial charge in [0.25, 0.3) is 0 Å². The first kappa shape index (κ1) is 12.5. The van der Waals surface area contributed by atoms with Crippen LogP contribution < -0.4 is 0 Å². The van der Waals surface area contributed by atoms with Gasteiger partial charge in [-0.05, 0) is 37.5 Å². The number of alkyl halides is 1. The van der Waals surface area contributed by atoms with E-state index in [1.165, 1.54) is 6.92 Å². The van der Waals surface area contributed by atoms with E-state index in [-0.39, 0.29) is 6.10 Å². The first-order valence-electron chi connectivity index (χ1n) is 5.76. The fourth-order valence-electron chi connectivity index (χ4n) is 2.65. The first-order chi connectivity index (χ1) is 6.91. The lowest BCUT2D eigenvalue weighted by atomic mass is 9.75. The lowest BCUT2D eigenvalue weighted by Gasteiger charge is -2.37. The van der Waals surface area contributed by atoms with Crippen LogP contribution in [0.1, 0.15) is 40.5 Å². The Labute approximate surface area is 91.2 Å². The Kier molecular flexibility index (Phi) is 4.12. The third kappa shape index (κ3) is 3.18. The van der Waals surface area contributed by atoms with E-state index in [1.807, 2.05) is 0 Å². The van der Waals surface area contributed by atoms with E-state index in [4.69, 9.17) is 4.74 Å². The molecule has 1 aliphatic carbocycles. The van der Waals surface area contributed by atoms with Crippen molar-refractivity contribution in [3.05, 3.63) is 0 Å². The van der Waals surface area contributed by atoms with Crippen LogP contribution in [-0.2, 0) is 9.53 Å². The summed E-state index contributed by atoms with van der Waals surface area (Å²) in [4.78, 5) is 11.2. The minimum Gasteiger partial charge on any atom is -0.460 e. The molecule has 0 aromatic carbocycles. The molecule has 0 spiro atoms. The predicted molar refractivity (Wildman–Crippen MR) is 57.2 cm³/mol. The summed E-state index contributed by atoms with van der Waals surface area (Å²) in [7, 11) is 0. The van der Waals surface area contributed by atoms with Crippen LogP contribution in [0.15, 0.2) is 0 Å². The van der Waals surface area contributed by atoms with Crippen LogP contribution in [-0.4, -0.2) is 18.2 Å². The number of carbonyl (C=O) groups is 1. The zero-order chi connectivity index (χ0) is 11.6. The van der Waals surface area contributed by atoms with E-state index in [0.717, 1.165) is 12.8 Å². The number of carbonyl (C=O) groups excluding carboxylic acids is 1. The summed E-state index contributed by atoms with van der Waals surface area (Å²) in [6, 6.07) is 0. The van der Waals surface area contributed by atoms with Crippen LogP contribution >= 0.6 is 0 Å². The standard InChI is InChI=1S/C12H21FO2/c1-7-5-8(2)11(9(3)6-7)15-12(14)10(4)13/h7-11H,5-6H2,1-4H3. The SMILES string of the molecule is CC1CC(C)C(OC(=O)C(C)F)C(C)C1. The number of ether oxygens (including phenoxy) is 1. The zero-order valence-corrected chi connectivity index (χ0v) is 10.00. The molecule has 1 aliphatic rings. The minimum atomic E-state index is -1.51. The molecule has 3 unspecified atom stereocenters. The van der Waals surface area contributed by atoms with Gasteiger partial charge in [0, 0.05) is 0 Å². The van der Waals surface area contributed by atoms with Crippen molar-refractivity contribution in [3.8, 4) is 0 Å². The van der Waals surface area contributed by atoms with Crippen molar-refractivity contribution in [2.75, 3.05) is 0 Å². The quantitative estimate of drug-likeness (QED) is 0.663. The average molecular weight is 216 g/mol. The number of halogens is 1. The first-order valence-corrected chi connectivity index (χ1v) is 5.76. The van der Waals surface area contributed by atoms with Gasteiger partial charge in [-0.25, -0.2) is 9.18 Å². The van der Waals surface area contributed by atoms with Crippen LogP contribution in [0, 0.1) is 17.8 Å². The van der Waals surface area contributed by atoms with Crippen molar-refractivity contribution in [2.45, 2.75) is 52.8 Å². The molecule has 0 N–H and O–H groups in total. The largest absolute Gasteiger partial charge is 0.460 e. The molecule has 15 heavy (non-hydrogen) atoms. The molecule has 3 atom stereocenters.